The number of ether oxygens (including phenoxy) is 1. The lowest BCUT2D eigenvalue weighted by Gasteiger charge is -2.38. The van der Waals surface area contributed by atoms with Crippen molar-refractivity contribution in [3.63, 3.8) is 0 Å². The smallest absolute Gasteiger partial charge is 0.119 e. The minimum absolute atomic E-state index is 0.257. The third kappa shape index (κ3) is 4.37. The van der Waals surface area contributed by atoms with Gasteiger partial charge in [0.05, 0.1) is 6.61 Å². The molecule has 2 aromatic rings. The number of likely N-dealkylation sites (tertiary alicyclic amines) is 1. The molecule has 0 aliphatic carbocycles. The molecule has 0 spiro atoms. The molecular weight excluding hydrogens is 371 g/mol. The van der Waals surface area contributed by atoms with Crippen molar-refractivity contribution in [3.05, 3.63) is 59.2 Å². The fraction of sp³-hybridized carbons (Fsp3) is 0.478. The summed E-state index contributed by atoms with van der Waals surface area (Å²) in [7, 11) is 2.19. The summed E-state index contributed by atoms with van der Waals surface area (Å²) in [5.74, 6) is 1.88. The largest absolute Gasteiger partial charge is 0.493 e. The van der Waals surface area contributed by atoms with Gasteiger partial charge in [-0.1, -0.05) is 18.2 Å². The van der Waals surface area contributed by atoms with Gasteiger partial charge in [0, 0.05) is 49.5 Å². The lowest BCUT2D eigenvalue weighted by Crippen LogP contribution is -2.49. The Hall–Kier alpha value is -1.56. The highest BCUT2D eigenvalue weighted by Gasteiger charge is 2.28. The normalized spacial score (nSPS) is 20.6. The van der Waals surface area contributed by atoms with E-state index < -0.39 is 0 Å². The minimum Gasteiger partial charge on any atom is -0.493 e. The van der Waals surface area contributed by atoms with E-state index in [1.54, 1.807) is 11.8 Å². The van der Waals surface area contributed by atoms with Crippen LogP contribution in [0.15, 0.2) is 47.4 Å². The SMILES string of the molecule is CSc1ccc(C2CN(C)Cc3cc(OCC4CN(CCF)C4)ccc32)cc1. The first-order chi connectivity index (χ1) is 13.7. The number of hydrogen-bond acceptors (Lipinski definition) is 4. The van der Waals surface area contributed by atoms with Crippen LogP contribution in [0.2, 0.25) is 0 Å². The maximum Gasteiger partial charge on any atom is 0.119 e. The van der Waals surface area contributed by atoms with Crippen molar-refractivity contribution in [1.82, 2.24) is 9.80 Å². The predicted octanol–water partition coefficient (Wildman–Crippen LogP) is 4.27. The standard InChI is InChI=1S/C23H29FN2OS/c1-25-14-19-11-20(27-16-17-12-26(13-17)10-9-24)5-8-22(19)23(15-25)18-3-6-21(28-2)7-4-18/h3-8,11,17,23H,9-10,12-16H2,1-2H3. The molecule has 1 fully saturated rings. The van der Waals surface area contributed by atoms with Gasteiger partial charge in [0.1, 0.15) is 12.4 Å². The maximum atomic E-state index is 12.3. The Labute approximate surface area is 171 Å². The second-order valence-corrected chi connectivity index (χ2v) is 8.89. The van der Waals surface area contributed by atoms with Crippen molar-refractivity contribution in [2.24, 2.45) is 5.92 Å². The number of thioether (sulfide) groups is 1. The zero-order valence-electron chi connectivity index (χ0n) is 16.7. The van der Waals surface area contributed by atoms with Crippen LogP contribution >= 0.6 is 11.8 Å². The van der Waals surface area contributed by atoms with Crippen LogP contribution in [0.1, 0.15) is 22.6 Å². The van der Waals surface area contributed by atoms with Gasteiger partial charge in [-0.3, -0.25) is 4.90 Å². The first kappa shape index (κ1) is 19.7. The van der Waals surface area contributed by atoms with E-state index in [1.165, 1.54) is 21.6 Å². The summed E-state index contributed by atoms with van der Waals surface area (Å²) in [5, 5.41) is 0. The Balaban J connectivity index is 1.44. The van der Waals surface area contributed by atoms with Gasteiger partial charge < -0.3 is 9.64 Å². The number of benzene rings is 2. The molecule has 2 aliphatic heterocycles. The molecule has 1 unspecified atom stereocenters. The highest BCUT2D eigenvalue weighted by Crippen LogP contribution is 2.35. The van der Waals surface area contributed by atoms with Crippen LogP contribution in [0.25, 0.3) is 0 Å². The monoisotopic (exact) mass is 400 g/mol. The third-order valence-electron chi connectivity index (χ3n) is 5.86. The Morgan fingerprint density at radius 1 is 1.11 bits per heavy atom. The quantitative estimate of drug-likeness (QED) is 0.645. The molecule has 1 saturated heterocycles. The second kappa shape index (κ2) is 8.85. The number of alkyl halides is 1. The number of likely N-dealkylation sites (N-methyl/N-ethyl adjacent to an activating group) is 1. The first-order valence-corrected chi connectivity index (χ1v) is 11.2. The van der Waals surface area contributed by atoms with Gasteiger partial charge in [-0.2, -0.15) is 0 Å². The highest BCUT2D eigenvalue weighted by atomic mass is 32.2. The number of hydrogen-bond donors (Lipinski definition) is 0. The fourth-order valence-corrected chi connectivity index (χ4v) is 4.74. The van der Waals surface area contributed by atoms with Crippen LogP contribution in [-0.2, 0) is 6.54 Å². The second-order valence-electron chi connectivity index (χ2n) is 8.01. The molecule has 0 amide bonds. The first-order valence-electron chi connectivity index (χ1n) is 10.0. The van der Waals surface area contributed by atoms with E-state index in [-0.39, 0.29) is 6.67 Å². The molecule has 0 radical (unpaired) electrons. The molecular formula is C23H29FN2OS. The predicted molar refractivity (Wildman–Crippen MR) is 114 cm³/mol. The zero-order valence-corrected chi connectivity index (χ0v) is 17.6. The number of fused-ring (bicyclic) bond motifs is 1. The maximum absolute atomic E-state index is 12.3. The molecule has 3 nitrogen and oxygen atoms in total. The van der Waals surface area contributed by atoms with Crippen LogP contribution in [0.3, 0.4) is 0 Å². The van der Waals surface area contributed by atoms with Gasteiger partial charge in [0.15, 0.2) is 0 Å². The van der Waals surface area contributed by atoms with E-state index in [0.717, 1.165) is 38.5 Å². The van der Waals surface area contributed by atoms with Gasteiger partial charge in [-0.25, -0.2) is 4.39 Å². The van der Waals surface area contributed by atoms with E-state index in [0.29, 0.717) is 18.4 Å². The third-order valence-corrected chi connectivity index (χ3v) is 6.61. The average molecular weight is 401 g/mol. The number of rotatable bonds is 7. The van der Waals surface area contributed by atoms with Crippen LogP contribution in [0.4, 0.5) is 4.39 Å². The Morgan fingerprint density at radius 2 is 1.89 bits per heavy atom. The van der Waals surface area contributed by atoms with Crippen molar-refractivity contribution in [1.29, 1.82) is 0 Å². The molecule has 0 N–H and O–H groups in total. The summed E-state index contributed by atoms with van der Waals surface area (Å²) in [4.78, 5) is 5.83. The van der Waals surface area contributed by atoms with Gasteiger partial charge in [-0.05, 0) is 54.3 Å². The average Bonchev–Trinajstić information content (AvgIpc) is 2.68. The number of halogens is 1. The minimum atomic E-state index is -0.257. The lowest BCUT2D eigenvalue weighted by molar-refractivity contribution is 0.0573. The highest BCUT2D eigenvalue weighted by molar-refractivity contribution is 7.98. The van der Waals surface area contributed by atoms with Crippen molar-refractivity contribution >= 4 is 11.8 Å². The van der Waals surface area contributed by atoms with E-state index in [4.69, 9.17) is 4.74 Å². The van der Waals surface area contributed by atoms with Crippen LogP contribution < -0.4 is 4.74 Å². The molecule has 1 atom stereocenters. The molecule has 0 bridgehead atoms. The van der Waals surface area contributed by atoms with Crippen LogP contribution in [0.5, 0.6) is 5.75 Å². The molecule has 150 valence electrons. The van der Waals surface area contributed by atoms with Gasteiger partial charge in [-0.15, -0.1) is 11.8 Å². The molecule has 5 heteroatoms. The van der Waals surface area contributed by atoms with E-state index in [9.17, 15) is 4.39 Å². The van der Waals surface area contributed by atoms with Gasteiger partial charge in [0.25, 0.3) is 0 Å². The summed E-state index contributed by atoms with van der Waals surface area (Å²) in [6.45, 7) is 4.92. The summed E-state index contributed by atoms with van der Waals surface area (Å²) in [6.07, 6.45) is 2.11. The summed E-state index contributed by atoms with van der Waals surface area (Å²) in [6, 6.07) is 15.6. The summed E-state index contributed by atoms with van der Waals surface area (Å²) < 4.78 is 18.4. The molecule has 28 heavy (non-hydrogen) atoms. The fourth-order valence-electron chi connectivity index (χ4n) is 4.33. The summed E-state index contributed by atoms with van der Waals surface area (Å²) in [5.41, 5.74) is 4.15. The van der Waals surface area contributed by atoms with Gasteiger partial charge in [0.2, 0.25) is 0 Å². The summed E-state index contributed by atoms with van der Waals surface area (Å²) >= 11 is 1.78. The van der Waals surface area contributed by atoms with Crippen LogP contribution in [0, 0.1) is 5.92 Å². The Kier molecular flexibility index (Phi) is 6.24. The van der Waals surface area contributed by atoms with E-state index >= 15 is 0 Å². The van der Waals surface area contributed by atoms with Crippen LogP contribution in [-0.4, -0.2) is 62.6 Å². The Morgan fingerprint density at radius 3 is 2.61 bits per heavy atom. The molecule has 0 aromatic heterocycles. The van der Waals surface area contributed by atoms with Crippen molar-refractivity contribution in [3.8, 4) is 5.75 Å². The van der Waals surface area contributed by atoms with Crippen molar-refractivity contribution in [2.75, 3.05) is 52.8 Å². The number of nitrogens with zero attached hydrogens (tertiary/aromatic N) is 2. The van der Waals surface area contributed by atoms with Crippen molar-refractivity contribution < 1.29 is 9.13 Å². The topological polar surface area (TPSA) is 15.7 Å². The molecule has 2 aromatic carbocycles. The lowest BCUT2D eigenvalue weighted by atomic mass is 9.85. The molecule has 4 rings (SSSR count). The zero-order chi connectivity index (χ0) is 19.5. The van der Waals surface area contributed by atoms with E-state index in [1.807, 2.05) is 0 Å². The molecule has 2 heterocycles. The molecule has 0 saturated carbocycles. The Bertz CT molecular complexity index is 792. The van der Waals surface area contributed by atoms with Gasteiger partial charge >= 0.3 is 0 Å². The molecule has 2 aliphatic rings. The van der Waals surface area contributed by atoms with Crippen molar-refractivity contribution in [2.45, 2.75) is 17.4 Å². The van der Waals surface area contributed by atoms with E-state index in [2.05, 4.69) is 65.6 Å².